The third kappa shape index (κ3) is 1.79. The van der Waals surface area contributed by atoms with Crippen LogP contribution in [0.15, 0.2) is 6.20 Å². The average Bonchev–Trinajstić information content (AvgIpc) is 2.30. The van der Waals surface area contributed by atoms with Crippen LogP contribution >= 0.6 is 11.3 Å². The number of aromatic nitrogens is 1. The summed E-state index contributed by atoms with van der Waals surface area (Å²) in [7, 11) is 0. The fourth-order valence-corrected chi connectivity index (χ4v) is 1.49. The number of hydrogen-bond acceptors (Lipinski definition) is 4. The van der Waals surface area contributed by atoms with Crippen LogP contribution in [0.1, 0.15) is 25.8 Å². The molecule has 0 unspecified atom stereocenters. The van der Waals surface area contributed by atoms with Gasteiger partial charge in [-0.3, -0.25) is 10.1 Å². The predicted molar refractivity (Wildman–Crippen MR) is 47.5 cm³/mol. The summed E-state index contributed by atoms with van der Waals surface area (Å²) in [5.41, 5.74) is -0.0983. The van der Waals surface area contributed by atoms with Gasteiger partial charge in [0.05, 0.1) is 4.92 Å². The first-order chi connectivity index (χ1) is 5.41. The molecule has 0 saturated heterocycles. The smallest absolute Gasteiger partial charge is 0.257 e. The molecule has 0 amide bonds. The molecule has 4 nitrogen and oxygen atoms in total. The van der Waals surface area contributed by atoms with Crippen LogP contribution in [0.4, 0.5) is 5.00 Å². The molecule has 0 bridgehead atoms. The van der Waals surface area contributed by atoms with Crippen molar-refractivity contribution in [2.45, 2.75) is 26.2 Å². The van der Waals surface area contributed by atoms with E-state index in [-0.39, 0.29) is 10.4 Å². The Bertz CT molecular complexity index is 301. The van der Waals surface area contributed by atoms with E-state index in [1.165, 1.54) is 6.20 Å². The summed E-state index contributed by atoms with van der Waals surface area (Å²) in [6.07, 6.45) is 1.31. The summed E-state index contributed by atoms with van der Waals surface area (Å²) in [5.74, 6) is 0. The maximum Gasteiger partial charge on any atom is 0.343 e. The van der Waals surface area contributed by atoms with Gasteiger partial charge in [0.1, 0.15) is 11.2 Å². The van der Waals surface area contributed by atoms with Crippen LogP contribution < -0.4 is 0 Å². The Morgan fingerprint density at radius 3 is 2.42 bits per heavy atom. The van der Waals surface area contributed by atoms with Gasteiger partial charge in [0.2, 0.25) is 0 Å². The van der Waals surface area contributed by atoms with Gasteiger partial charge in [-0.15, -0.1) is 0 Å². The monoisotopic (exact) mass is 186 g/mol. The van der Waals surface area contributed by atoms with E-state index in [1.54, 1.807) is 0 Å². The lowest BCUT2D eigenvalue weighted by Gasteiger charge is -2.12. The molecule has 1 heterocycles. The molecule has 0 atom stereocenters. The van der Waals surface area contributed by atoms with E-state index in [9.17, 15) is 10.1 Å². The molecule has 0 aliphatic rings. The second-order valence-corrected chi connectivity index (χ2v) is 4.52. The van der Waals surface area contributed by atoms with Crippen molar-refractivity contribution in [3.05, 3.63) is 21.3 Å². The third-order valence-electron chi connectivity index (χ3n) is 1.32. The van der Waals surface area contributed by atoms with E-state index in [1.807, 2.05) is 20.8 Å². The lowest BCUT2D eigenvalue weighted by molar-refractivity contribution is -0.380. The van der Waals surface area contributed by atoms with Gasteiger partial charge < -0.3 is 0 Å². The van der Waals surface area contributed by atoms with Crippen LogP contribution in [0, 0.1) is 10.1 Å². The van der Waals surface area contributed by atoms with E-state index in [2.05, 4.69) is 4.98 Å². The van der Waals surface area contributed by atoms with Crippen molar-refractivity contribution in [2.24, 2.45) is 0 Å². The molecule has 0 aliphatic heterocycles. The number of hydrogen-bond donors (Lipinski definition) is 0. The van der Waals surface area contributed by atoms with Gasteiger partial charge in [-0.05, 0) is 11.3 Å². The Morgan fingerprint density at radius 2 is 2.17 bits per heavy atom. The highest BCUT2D eigenvalue weighted by atomic mass is 32.1. The van der Waals surface area contributed by atoms with Gasteiger partial charge in [-0.2, -0.15) is 0 Å². The predicted octanol–water partition coefficient (Wildman–Crippen LogP) is 2.35. The minimum atomic E-state index is -0.410. The molecule has 1 aromatic rings. The maximum atomic E-state index is 10.3. The SMILES string of the molecule is CC(C)(C)c1ncc([N+](=O)[O-])s1. The molecule has 5 heteroatoms. The highest BCUT2D eigenvalue weighted by molar-refractivity contribution is 7.15. The topological polar surface area (TPSA) is 56.0 Å². The first-order valence-electron chi connectivity index (χ1n) is 3.52. The minimum absolute atomic E-state index is 0.0983. The third-order valence-corrected chi connectivity index (χ3v) is 2.69. The zero-order chi connectivity index (χ0) is 9.35. The van der Waals surface area contributed by atoms with E-state index < -0.39 is 4.92 Å². The Hall–Kier alpha value is -0.970. The highest BCUT2D eigenvalue weighted by Gasteiger charge is 2.21. The molecule has 0 radical (unpaired) electrons. The zero-order valence-electron chi connectivity index (χ0n) is 7.20. The molecule has 0 aliphatic carbocycles. The molecule has 0 spiro atoms. The molecule has 0 saturated carbocycles. The molecular formula is C7H10N2O2S. The number of thiazole rings is 1. The lowest BCUT2D eigenvalue weighted by atomic mass is 9.98. The zero-order valence-corrected chi connectivity index (χ0v) is 8.01. The van der Waals surface area contributed by atoms with Gasteiger partial charge in [0.25, 0.3) is 0 Å². The maximum absolute atomic E-state index is 10.3. The highest BCUT2D eigenvalue weighted by Crippen LogP contribution is 2.30. The molecule has 1 aromatic heterocycles. The van der Waals surface area contributed by atoms with Gasteiger partial charge in [-0.25, -0.2) is 4.98 Å². The normalized spacial score (nSPS) is 11.6. The van der Waals surface area contributed by atoms with Crippen molar-refractivity contribution in [1.82, 2.24) is 4.98 Å². The Balaban J connectivity index is 3.00. The van der Waals surface area contributed by atoms with Crippen LogP contribution in [0.25, 0.3) is 0 Å². The van der Waals surface area contributed by atoms with Crippen molar-refractivity contribution >= 4 is 16.3 Å². The van der Waals surface area contributed by atoms with Crippen molar-refractivity contribution in [3.8, 4) is 0 Å². The Labute approximate surface area is 74.4 Å². The summed E-state index contributed by atoms with van der Waals surface area (Å²) < 4.78 is 0. The number of nitro groups is 1. The van der Waals surface area contributed by atoms with Crippen LogP contribution in [0.5, 0.6) is 0 Å². The van der Waals surface area contributed by atoms with Crippen molar-refractivity contribution in [1.29, 1.82) is 0 Å². The van der Waals surface area contributed by atoms with E-state index in [0.717, 1.165) is 16.3 Å². The molecule has 12 heavy (non-hydrogen) atoms. The van der Waals surface area contributed by atoms with E-state index >= 15 is 0 Å². The Morgan fingerprint density at radius 1 is 1.58 bits per heavy atom. The van der Waals surface area contributed by atoms with E-state index in [4.69, 9.17) is 0 Å². The van der Waals surface area contributed by atoms with Crippen LogP contribution in [-0.2, 0) is 5.41 Å². The van der Waals surface area contributed by atoms with E-state index in [0.29, 0.717) is 0 Å². The van der Waals surface area contributed by atoms with Crippen molar-refractivity contribution < 1.29 is 4.92 Å². The number of rotatable bonds is 1. The molecule has 66 valence electrons. The van der Waals surface area contributed by atoms with Gasteiger partial charge in [0.15, 0.2) is 0 Å². The largest absolute Gasteiger partial charge is 0.343 e. The minimum Gasteiger partial charge on any atom is -0.257 e. The summed E-state index contributed by atoms with van der Waals surface area (Å²) in [5, 5.41) is 11.2. The second-order valence-electron chi connectivity index (χ2n) is 3.51. The second kappa shape index (κ2) is 2.82. The summed E-state index contributed by atoms with van der Waals surface area (Å²) >= 11 is 1.14. The van der Waals surface area contributed by atoms with Crippen LogP contribution in [0.3, 0.4) is 0 Å². The summed E-state index contributed by atoms with van der Waals surface area (Å²) in [6, 6.07) is 0. The van der Waals surface area contributed by atoms with Crippen molar-refractivity contribution in [3.63, 3.8) is 0 Å². The molecular weight excluding hydrogens is 176 g/mol. The fraction of sp³-hybridized carbons (Fsp3) is 0.571. The van der Waals surface area contributed by atoms with Crippen molar-refractivity contribution in [2.75, 3.05) is 0 Å². The molecule has 0 N–H and O–H groups in total. The first kappa shape index (κ1) is 9.12. The first-order valence-corrected chi connectivity index (χ1v) is 4.33. The molecule has 1 rings (SSSR count). The fourth-order valence-electron chi connectivity index (χ4n) is 0.697. The van der Waals surface area contributed by atoms with Gasteiger partial charge in [0, 0.05) is 5.41 Å². The van der Waals surface area contributed by atoms with Crippen LogP contribution in [0.2, 0.25) is 0 Å². The Kier molecular flexibility index (Phi) is 2.14. The average molecular weight is 186 g/mol. The molecule has 0 aromatic carbocycles. The quantitative estimate of drug-likeness (QED) is 0.499. The lowest BCUT2D eigenvalue weighted by Crippen LogP contribution is -2.09. The van der Waals surface area contributed by atoms with Gasteiger partial charge >= 0.3 is 5.00 Å². The summed E-state index contributed by atoms with van der Waals surface area (Å²) in [6.45, 7) is 5.95. The summed E-state index contributed by atoms with van der Waals surface area (Å²) in [4.78, 5) is 13.9. The van der Waals surface area contributed by atoms with Crippen LogP contribution in [-0.4, -0.2) is 9.91 Å². The van der Waals surface area contributed by atoms with Gasteiger partial charge in [-0.1, -0.05) is 20.8 Å². The molecule has 0 fully saturated rings. The standard InChI is InChI=1S/C7H10N2O2S/c1-7(2,3)6-8-4-5(12-6)9(10)11/h4H,1-3H3. The number of nitrogens with zero attached hydrogens (tertiary/aromatic N) is 2.